The standard InChI is InChI=1S/C17H24NO2S.2CH2/c1-21(20)16-12-8-7-11-15(16)17(19)18-13-14-9-5-3-2-4-6-10-14;;/h7-8,11-12H,2-6,9-10,13H2,1H3,(H,18,19);2*1H2. The number of nitrogens with one attached hydrogen (secondary N) is 1. The summed E-state index contributed by atoms with van der Waals surface area (Å²) in [6, 6.07) is 7.13. The fourth-order valence-corrected chi connectivity index (χ4v) is 3.53. The average Bonchev–Trinajstić information content (AvgIpc) is 2.45. The SMILES string of the molecule is C[S+]([O-])c1ccccc1C(=O)NC[C]1CCCCCCC1.[CH2].[CH2]. The van der Waals surface area contributed by atoms with Gasteiger partial charge in [-0.2, -0.15) is 0 Å². The average molecular weight is 335 g/mol. The van der Waals surface area contributed by atoms with Gasteiger partial charge in [-0.15, -0.1) is 0 Å². The monoisotopic (exact) mass is 334 g/mol. The number of benzene rings is 1. The van der Waals surface area contributed by atoms with Gasteiger partial charge in [0.05, 0.1) is 5.56 Å². The van der Waals surface area contributed by atoms with Gasteiger partial charge < -0.3 is 9.87 Å². The van der Waals surface area contributed by atoms with E-state index in [0.717, 1.165) is 12.8 Å². The number of carbonyl (C=O) groups is 1. The molecule has 0 aliphatic heterocycles. The highest BCUT2D eigenvalue weighted by Crippen LogP contribution is 2.23. The van der Waals surface area contributed by atoms with E-state index in [2.05, 4.69) is 5.32 Å². The Morgan fingerprint density at radius 1 is 1.09 bits per heavy atom. The zero-order valence-corrected chi connectivity index (χ0v) is 14.9. The number of amides is 1. The van der Waals surface area contributed by atoms with E-state index in [1.165, 1.54) is 38.0 Å². The topological polar surface area (TPSA) is 52.2 Å². The Labute approximate surface area is 145 Å². The van der Waals surface area contributed by atoms with E-state index in [4.69, 9.17) is 0 Å². The first-order valence-electron chi connectivity index (χ1n) is 7.72. The van der Waals surface area contributed by atoms with Crippen LogP contribution < -0.4 is 5.32 Å². The van der Waals surface area contributed by atoms with E-state index in [1.807, 2.05) is 12.1 Å². The molecule has 1 atom stereocenters. The third kappa shape index (κ3) is 6.96. The van der Waals surface area contributed by atoms with Crippen molar-refractivity contribution in [3.8, 4) is 0 Å². The lowest BCUT2D eigenvalue weighted by molar-refractivity contribution is 0.0950. The second kappa shape index (κ2) is 11.5. The summed E-state index contributed by atoms with van der Waals surface area (Å²) < 4.78 is 11.7. The van der Waals surface area contributed by atoms with Crippen molar-refractivity contribution in [2.45, 2.75) is 49.8 Å². The third-order valence-electron chi connectivity index (χ3n) is 4.00. The van der Waals surface area contributed by atoms with Crippen molar-refractivity contribution < 1.29 is 9.35 Å². The van der Waals surface area contributed by atoms with E-state index in [9.17, 15) is 9.35 Å². The van der Waals surface area contributed by atoms with Crippen LogP contribution in [0.2, 0.25) is 0 Å². The van der Waals surface area contributed by atoms with Crippen LogP contribution in [0.3, 0.4) is 0 Å². The van der Waals surface area contributed by atoms with Crippen LogP contribution in [-0.2, 0) is 11.2 Å². The molecule has 3 nitrogen and oxygen atoms in total. The Kier molecular flexibility index (Phi) is 11.0. The quantitative estimate of drug-likeness (QED) is 0.842. The Morgan fingerprint density at radius 3 is 2.26 bits per heavy atom. The van der Waals surface area contributed by atoms with Gasteiger partial charge in [0.25, 0.3) is 5.91 Å². The summed E-state index contributed by atoms with van der Waals surface area (Å²) in [5.74, 6) is 1.33. The van der Waals surface area contributed by atoms with Crippen molar-refractivity contribution in [1.82, 2.24) is 5.32 Å². The summed E-state index contributed by atoms with van der Waals surface area (Å²) in [7, 11) is 0. The number of carbonyl (C=O) groups excluding carboxylic acids is 1. The molecule has 1 saturated carbocycles. The van der Waals surface area contributed by atoms with E-state index in [1.54, 1.807) is 18.4 Å². The van der Waals surface area contributed by atoms with E-state index < -0.39 is 11.2 Å². The van der Waals surface area contributed by atoms with Crippen molar-refractivity contribution in [3.63, 3.8) is 0 Å². The maximum Gasteiger partial charge on any atom is 0.256 e. The Balaban J connectivity index is 0.00000242. The second-order valence-electron chi connectivity index (χ2n) is 5.65. The maximum absolute atomic E-state index is 12.3. The van der Waals surface area contributed by atoms with Crippen LogP contribution in [0, 0.1) is 20.8 Å². The Morgan fingerprint density at radius 2 is 1.65 bits per heavy atom. The molecule has 0 bridgehead atoms. The molecule has 1 N–H and O–H groups in total. The molecular formula is C19H28NO2S. The zero-order valence-electron chi connectivity index (χ0n) is 14.1. The van der Waals surface area contributed by atoms with Gasteiger partial charge in [0.15, 0.2) is 4.90 Å². The Hall–Kier alpha value is -1.00. The van der Waals surface area contributed by atoms with Crippen LogP contribution in [-0.4, -0.2) is 23.3 Å². The highest BCUT2D eigenvalue weighted by atomic mass is 32.2. The van der Waals surface area contributed by atoms with E-state index in [-0.39, 0.29) is 20.8 Å². The van der Waals surface area contributed by atoms with Gasteiger partial charge in [0, 0.05) is 6.54 Å². The molecule has 2 rings (SSSR count). The smallest absolute Gasteiger partial charge is 0.256 e. The molecule has 1 aromatic rings. The lowest BCUT2D eigenvalue weighted by atomic mass is 9.91. The molecule has 0 heterocycles. The molecule has 1 amide bonds. The lowest BCUT2D eigenvalue weighted by Gasteiger charge is -2.19. The summed E-state index contributed by atoms with van der Waals surface area (Å²) in [4.78, 5) is 12.9. The minimum Gasteiger partial charge on any atom is -0.612 e. The highest BCUT2D eigenvalue weighted by molar-refractivity contribution is 7.90. The molecule has 5 radical (unpaired) electrons. The molecule has 1 aromatic carbocycles. The fraction of sp³-hybridized carbons (Fsp3) is 0.474. The van der Waals surface area contributed by atoms with Crippen molar-refractivity contribution in [1.29, 1.82) is 0 Å². The van der Waals surface area contributed by atoms with Crippen molar-refractivity contribution >= 4 is 17.1 Å². The van der Waals surface area contributed by atoms with Crippen LogP contribution in [0.5, 0.6) is 0 Å². The summed E-state index contributed by atoms with van der Waals surface area (Å²) >= 11 is -1.14. The summed E-state index contributed by atoms with van der Waals surface area (Å²) in [6.45, 7) is 0.656. The van der Waals surface area contributed by atoms with Gasteiger partial charge >= 0.3 is 0 Å². The predicted molar refractivity (Wildman–Crippen MR) is 97.4 cm³/mol. The van der Waals surface area contributed by atoms with Gasteiger partial charge in [-0.3, -0.25) is 4.79 Å². The fourth-order valence-electron chi connectivity index (χ4n) is 2.79. The van der Waals surface area contributed by atoms with Crippen molar-refractivity contribution in [2.75, 3.05) is 12.8 Å². The van der Waals surface area contributed by atoms with Crippen LogP contribution in [0.25, 0.3) is 0 Å². The normalized spacial score (nSPS) is 17.0. The molecule has 4 heteroatoms. The number of rotatable bonds is 4. The highest BCUT2D eigenvalue weighted by Gasteiger charge is 2.19. The lowest BCUT2D eigenvalue weighted by Crippen LogP contribution is -2.29. The first-order chi connectivity index (χ1) is 10.2. The molecule has 1 aliphatic rings. The summed E-state index contributed by atoms with van der Waals surface area (Å²) in [6.07, 6.45) is 10.3. The van der Waals surface area contributed by atoms with Gasteiger partial charge in [-0.25, -0.2) is 0 Å². The molecule has 0 spiro atoms. The van der Waals surface area contributed by atoms with Gasteiger partial charge in [0.1, 0.15) is 6.26 Å². The molecule has 0 saturated heterocycles. The van der Waals surface area contributed by atoms with Crippen LogP contribution in [0.1, 0.15) is 55.3 Å². The van der Waals surface area contributed by atoms with E-state index in [0.29, 0.717) is 17.0 Å². The molecule has 1 aliphatic carbocycles. The van der Waals surface area contributed by atoms with Gasteiger partial charge in [-0.05, 0) is 42.1 Å². The number of hydrogen-bond acceptors (Lipinski definition) is 2. The predicted octanol–water partition coefficient (Wildman–Crippen LogP) is 4.13. The second-order valence-corrected chi connectivity index (χ2v) is 7.00. The van der Waals surface area contributed by atoms with Gasteiger partial charge in [-0.1, -0.05) is 59.1 Å². The van der Waals surface area contributed by atoms with Crippen LogP contribution >= 0.6 is 0 Å². The van der Waals surface area contributed by atoms with E-state index >= 15 is 0 Å². The molecule has 23 heavy (non-hydrogen) atoms. The Bertz CT molecular complexity index is 454. The third-order valence-corrected chi connectivity index (χ3v) is 4.98. The van der Waals surface area contributed by atoms with Crippen molar-refractivity contribution in [2.24, 2.45) is 0 Å². The van der Waals surface area contributed by atoms with Crippen LogP contribution in [0.15, 0.2) is 29.2 Å². The van der Waals surface area contributed by atoms with Crippen molar-refractivity contribution in [3.05, 3.63) is 50.6 Å². The largest absolute Gasteiger partial charge is 0.612 e. The molecule has 1 unspecified atom stereocenters. The minimum atomic E-state index is -1.14. The minimum absolute atomic E-state index is 0. The molecular weight excluding hydrogens is 306 g/mol. The van der Waals surface area contributed by atoms with Crippen LogP contribution in [0.4, 0.5) is 0 Å². The summed E-state index contributed by atoms with van der Waals surface area (Å²) in [5, 5.41) is 3.00. The summed E-state index contributed by atoms with van der Waals surface area (Å²) in [5.41, 5.74) is 0.532. The number of hydrogen-bond donors (Lipinski definition) is 1. The molecule has 0 aromatic heterocycles. The molecule has 1 fully saturated rings. The first kappa shape index (κ1) is 22.0. The van der Waals surface area contributed by atoms with Gasteiger partial charge in [0.2, 0.25) is 0 Å². The molecule has 127 valence electrons. The first-order valence-corrected chi connectivity index (χ1v) is 9.28. The maximum atomic E-state index is 12.3. The zero-order chi connectivity index (χ0) is 15.1.